The largest absolute Gasteiger partial charge is 0.319 e. The van der Waals surface area contributed by atoms with Crippen LogP contribution in [0.25, 0.3) is 5.69 Å². The average Bonchev–Trinajstić information content (AvgIpc) is 3.17. The molecule has 1 atom stereocenters. The number of hydrogen-bond acceptors (Lipinski definition) is 5. The minimum atomic E-state index is -3.71. The zero-order chi connectivity index (χ0) is 17.3. The maximum Gasteiger partial charge on any atom is 0.244 e. The van der Waals surface area contributed by atoms with Crippen LogP contribution in [0.15, 0.2) is 47.9 Å². The summed E-state index contributed by atoms with van der Waals surface area (Å²) in [6, 6.07) is 7.15. The molecule has 24 heavy (non-hydrogen) atoms. The monoisotopic (exact) mass is 346 g/mol. The minimum Gasteiger partial charge on any atom is -0.319 e. The first-order valence-electron chi connectivity index (χ1n) is 7.35. The molecule has 0 aliphatic carbocycles. The zero-order valence-corrected chi connectivity index (χ0v) is 14.4. The number of benzene rings is 1. The van der Waals surface area contributed by atoms with Crippen LogP contribution in [0.1, 0.15) is 24.4 Å². The van der Waals surface area contributed by atoms with Gasteiger partial charge in [0.05, 0.1) is 24.1 Å². The molecular formula is C15H18N6O2S. The van der Waals surface area contributed by atoms with Gasteiger partial charge >= 0.3 is 0 Å². The number of nitrogens with zero attached hydrogens (tertiary/aromatic N) is 5. The third-order valence-corrected chi connectivity index (χ3v) is 5.13. The normalized spacial score (nSPS) is 13.1. The van der Waals surface area contributed by atoms with Crippen molar-refractivity contribution >= 4 is 10.0 Å². The maximum absolute atomic E-state index is 12.5. The minimum absolute atomic E-state index is 0.0945. The Bertz CT molecular complexity index is 943. The highest BCUT2D eigenvalue weighted by molar-refractivity contribution is 7.89. The van der Waals surface area contributed by atoms with E-state index >= 15 is 0 Å². The molecule has 0 aliphatic rings. The molecule has 0 bridgehead atoms. The lowest BCUT2D eigenvalue weighted by Crippen LogP contribution is -2.28. The second kappa shape index (κ2) is 6.17. The van der Waals surface area contributed by atoms with Crippen LogP contribution < -0.4 is 4.72 Å². The summed E-state index contributed by atoms with van der Waals surface area (Å²) < 4.78 is 30.8. The van der Waals surface area contributed by atoms with Gasteiger partial charge in [-0.2, -0.15) is 5.10 Å². The predicted octanol–water partition coefficient (Wildman–Crippen LogP) is 1.35. The van der Waals surface area contributed by atoms with Crippen LogP contribution in [0.2, 0.25) is 0 Å². The molecule has 0 radical (unpaired) electrons. The van der Waals surface area contributed by atoms with Gasteiger partial charge in [0.15, 0.2) is 0 Å². The molecule has 0 amide bonds. The lowest BCUT2D eigenvalue weighted by Gasteiger charge is -2.12. The molecule has 1 N–H and O–H groups in total. The fraction of sp³-hybridized carbons (Fsp3) is 0.267. The van der Waals surface area contributed by atoms with E-state index in [2.05, 4.69) is 20.0 Å². The van der Waals surface area contributed by atoms with E-state index in [1.165, 1.54) is 23.4 Å². The predicted molar refractivity (Wildman–Crippen MR) is 88.0 cm³/mol. The molecular weight excluding hydrogens is 328 g/mol. The van der Waals surface area contributed by atoms with Crippen molar-refractivity contribution in [3.8, 4) is 5.69 Å². The van der Waals surface area contributed by atoms with E-state index in [0.29, 0.717) is 5.82 Å². The first kappa shape index (κ1) is 16.3. The van der Waals surface area contributed by atoms with E-state index in [1.54, 1.807) is 18.5 Å². The Morgan fingerprint density at radius 3 is 2.54 bits per heavy atom. The summed E-state index contributed by atoms with van der Waals surface area (Å²) in [6.45, 7) is 3.70. The van der Waals surface area contributed by atoms with Crippen molar-refractivity contribution < 1.29 is 8.42 Å². The Hall–Kier alpha value is -2.52. The highest BCUT2D eigenvalue weighted by Crippen LogP contribution is 2.16. The molecule has 126 valence electrons. The van der Waals surface area contributed by atoms with Gasteiger partial charge in [0, 0.05) is 7.05 Å². The maximum atomic E-state index is 12.5. The van der Waals surface area contributed by atoms with Gasteiger partial charge in [-0.3, -0.25) is 0 Å². The summed E-state index contributed by atoms with van der Waals surface area (Å²) in [5.74, 6) is 0.532. The Kier molecular flexibility index (Phi) is 4.20. The van der Waals surface area contributed by atoms with Gasteiger partial charge in [-0.1, -0.05) is 17.7 Å². The van der Waals surface area contributed by atoms with Crippen LogP contribution >= 0.6 is 0 Å². The van der Waals surface area contributed by atoms with E-state index in [1.807, 2.05) is 31.2 Å². The Morgan fingerprint density at radius 2 is 1.92 bits per heavy atom. The Balaban J connectivity index is 1.83. The number of rotatable bonds is 5. The Labute approximate surface area is 140 Å². The highest BCUT2D eigenvalue weighted by atomic mass is 32.2. The molecule has 0 saturated carbocycles. The second-order valence-electron chi connectivity index (χ2n) is 5.60. The summed E-state index contributed by atoms with van der Waals surface area (Å²) in [6.07, 6.45) is 4.33. The summed E-state index contributed by atoms with van der Waals surface area (Å²) in [5.41, 5.74) is 1.92. The van der Waals surface area contributed by atoms with E-state index in [9.17, 15) is 8.42 Å². The first-order valence-corrected chi connectivity index (χ1v) is 8.83. The lowest BCUT2D eigenvalue weighted by atomic mass is 10.2. The molecule has 0 fully saturated rings. The Morgan fingerprint density at radius 1 is 1.21 bits per heavy atom. The SMILES string of the molecule is Cc1ccc(-n2cc(S(=O)(=O)NC(C)c3nncn3C)cn2)cc1. The highest BCUT2D eigenvalue weighted by Gasteiger charge is 2.22. The smallest absolute Gasteiger partial charge is 0.244 e. The van der Waals surface area contributed by atoms with Crippen molar-refractivity contribution in [2.75, 3.05) is 0 Å². The molecule has 3 aromatic rings. The molecule has 1 unspecified atom stereocenters. The van der Waals surface area contributed by atoms with Gasteiger partial charge in [-0.05, 0) is 26.0 Å². The first-order chi connectivity index (χ1) is 11.4. The average molecular weight is 346 g/mol. The molecule has 2 aromatic heterocycles. The quantitative estimate of drug-likeness (QED) is 0.752. The molecule has 0 spiro atoms. The zero-order valence-electron chi connectivity index (χ0n) is 13.6. The molecule has 1 aromatic carbocycles. The summed E-state index contributed by atoms with van der Waals surface area (Å²) in [4.78, 5) is 0.0945. The third-order valence-electron chi connectivity index (χ3n) is 3.63. The van der Waals surface area contributed by atoms with E-state index in [-0.39, 0.29) is 4.90 Å². The van der Waals surface area contributed by atoms with E-state index in [4.69, 9.17) is 0 Å². The summed E-state index contributed by atoms with van der Waals surface area (Å²) >= 11 is 0. The number of hydrogen-bond donors (Lipinski definition) is 1. The van der Waals surface area contributed by atoms with Crippen molar-refractivity contribution in [3.63, 3.8) is 0 Å². The van der Waals surface area contributed by atoms with Gasteiger partial charge in [0.25, 0.3) is 0 Å². The lowest BCUT2D eigenvalue weighted by molar-refractivity contribution is 0.553. The van der Waals surface area contributed by atoms with Gasteiger partial charge in [-0.15, -0.1) is 10.2 Å². The van der Waals surface area contributed by atoms with E-state index < -0.39 is 16.1 Å². The number of aryl methyl sites for hydroxylation is 2. The molecule has 9 heteroatoms. The van der Waals surface area contributed by atoms with Gasteiger partial charge < -0.3 is 4.57 Å². The van der Waals surface area contributed by atoms with E-state index in [0.717, 1.165) is 11.3 Å². The molecule has 0 aliphatic heterocycles. The topological polar surface area (TPSA) is 94.7 Å². The fourth-order valence-electron chi connectivity index (χ4n) is 2.32. The molecule has 2 heterocycles. The molecule has 3 rings (SSSR count). The third kappa shape index (κ3) is 3.22. The molecule has 0 saturated heterocycles. The molecule has 8 nitrogen and oxygen atoms in total. The van der Waals surface area contributed by atoms with Crippen LogP contribution in [0.3, 0.4) is 0 Å². The number of aromatic nitrogens is 5. The van der Waals surface area contributed by atoms with Crippen LogP contribution in [0.4, 0.5) is 0 Å². The van der Waals surface area contributed by atoms with Gasteiger partial charge in [0.1, 0.15) is 17.0 Å². The van der Waals surface area contributed by atoms with Gasteiger partial charge in [-0.25, -0.2) is 17.8 Å². The van der Waals surface area contributed by atoms with Gasteiger partial charge in [0.2, 0.25) is 10.0 Å². The number of nitrogens with one attached hydrogen (secondary N) is 1. The van der Waals surface area contributed by atoms with Crippen LogP contribution in [0, 0.1) is 6.92 Å². The van der Waals surface area contributed by atoms with Crippen molar-refractivity contribution in [2.45, 2.75) is 24.8 Å². The van der Waals surface area contributed by atoms with Crippen LogP contribution in [-0.2, 0) is 17.1 Å². The van der Waals surface area contributed by atoms with Crippen molar-refractivity contribution in [3.05, 3.63) is 54.4 Å². The van der Waals surface area contributed by atoms with Crippen molar-refractivity contribution in [1.82, 2.24) is 29.3 Å². The second-order valence-corrected chi connectivity index (χ2v) is 7.31. The van der Waals surface area contributed by atoms with Crippen molar-refractivity contribution in [2.24, 2.45) is 7.05 Å². The van der Waals surface area contributed by atoms with Crippen molar-refractivity contribution in [1.29, 1.82) is 0 Å². The number of sulfonamides is 1. The summed E-state index contributed by atoms with van der Waals surface area (Å²) in [5, 5.41) is 11.8. The summed E-state index contributed by atoms with van der Waals surface area (Å²) in [7, 11) is -1.95. The fourth-order valence-corrected chi connectivity index (χ4v) is 3.45. The standard InChI is InChI=1S/C15H18N6O2S/c1-11-4-6-13(7-5-11)21-9-14(8-17-21)24(22,23)19-12(2)15-18-16-10-20(15)3/h4-10,12,19H,1-3H3. The van der Waals surface area contributed by atoms with Crippen LogP contribution in [-0.4, -0.2) is 33.0 Å². The van der Waals surface area contributed by atoms with Crippen LogP contribution in [0.5, 0.6) is 0 Å².